The van der Waals surface area contributed by atoms with E-state index in [1.165, 1.54) is 0 Å². The molecule has 21 heavy (non-hydrogen) atoms. The molecule has 0 radical (unpaired) electrons. The number of hydrogen-bond donors (Lipinski definition) is 1. The summed E-state index contributed by atoms with van der Waals surface area (Å²) in [5.74, 6) is -0.183. The molecule has 106 valence electrons. The molecule has 0 saturated heterocycles. The Labute approximate surface area is 124 Å². The van der Waals surface area contributed by atoms with Gasteiger partial charge < -0.3 is 10.1 Å². The molecule has 2 aromatic rings. The van der Waals surface area contributed by atoms with Crippen LogP contribution in [0, 0.1) is 11.3 Å². The maximum atomic E-state index is 12.0. The fourth-order valence-corrected chi connectivity index (χ4v) is 1.99. The SMILES string of the molecule is CO[C@@H](CNC(=O)c1ccc(C#N)cc1)c1ccccc1. The number of carbonyl (C=O) groups is 1. The Morgan fingerprint density at radius 3 is 2.43 bits per heavy atom. The van der Waals surface area contributed by atoms with E-state index < -0.39 is 0 Å². The van der Waals surface area contributed by atoms with Crippen molar-refractivity contribution in [1.82, 2.24) is 5.32 Å². The van der Waals surface area contributed by atoms with Crippen LogP contribution in [0.1, 0.15) is 27.6 Å². The molecule has 1 atom stereocenters. The number of hydrogen-bond acceptors (Lipinski definition) is 3. The van der Waals surface area contributed by atoms with Crippen molar-refractivity contribution in [2.75, 3.05) is 13.7 Å². The number of methoxy groups -OCH3 is 1. The van der Waals surface area contributed by atoms with Crippen LogP contribution < -0.4 is 5.32 Å². The predicted octanol–water partition coefficient (Wildman–Crippen LogP) is 2.68. The predicted molar refractivity (Wildman–Crippen MR) is 79.7 cm³/mol. The molecule has 0 fully saturated rings. The molecule has 2 aromatic carbocycles. The van der Waals surface area contributed by atoms with Gasteiger partial charge in [-0.3, -0.25) is 4.79 Å². The van der Waals surface area contributed by atoms with Crippen molar-refractivity contribution in [3.8, 4) is 6.07 Å². The maximum absolute atomic E-state index is 12.0. The summed E-state index contributed by atoms with van der Waals surface area (Å²) < 4.78 is 5.40. The molecule has 0 saturated carbocycles. The number of nitrogens with zero attached hydrogens (tertiary/aromatic N) is 1. The first-order valence-corrected chi connectivity index (χ1v) is 6.60. The van der Waals surface area contributed by atoms with Crippen molar-refractivity contribution in [2.24, 2.45) is 0 Å². The summed E-state index contributed by atoms with van der Waals surface area (Å²) in [6.07, 6.45) is -0.187. The molecule has 1 N–H and O–H groups in total. The van der Waals surface area contributed by atoms with E-state index in [9.17, 15) is 4.79 Å². The van der Waals surface area contributed by atoms with Crippen LogP contribution in [0.25, 0.3) is 0 Å². The molecule has 0 aliphatic carbocycles. The zero-order valence-corrected chi connectivity index (χ0v) is 11.7. The van der Waals surface area contributed by atoms with E-state index in [1.807, 2.05) is 36.4 Å². The molecule has 4 nitrogen and oxygen atoms in total. The van der Waals surface area contributed by atoms with Gasteiger partial charge in [-0.25, -0.2) is 0 Å². The van der Waals surface area contributed by atoms with Gasteiger partial charge in [0.2, 0.25) is 0 Å². The van der Waals surface area contributed by atoms with E-state index in [4.69, 9.17) is 10.00 Å². The molecular weight excluding hydrogens is 264 g/mol. The smallest absolute Gasteiger partial charge is 0.251 e. The van der Waals surface area contributed by atoms with Gasteiger partial charge in [0.05, 0.1) is 17.7 Å². The van der Waals surface area contributed by atoms with Crippen molar-refractivity contribution >= 4 is 5.91 Å². The van der Waals surface area contributed by atoms with Gasteiger partial charge in [-0.2, -0.15) is 5.26 Å². The third-order valence-electron chi connectivity index (χ3n) is 3.18. The van der Waals surface area contributed by atoms with Gasteiger partial charge in [-0.15, -0.1) is 0 Å². The Balaban J connectivity index is 1.97. The Kier molecular flexibility index (Phi) is 5.08. The highest BCUT2D eigenvalue weighted by Gasteiger charge is 2.12. The molecule has 0 aliphatic rings. The van der Waals surface area contributed by atoms with Crippen LogP contribution in [0.3, 0.4) is 0 Å². The van der Waals surface area contributed by atoms with Crippen LogP contribution in [0.2, 0.25) is 0 Å². The molecule has 2 rings (SSSR count). The Hall–Kier alpha value is -2.64. The maximum Gasteiger partial charge on any atom is 0.251 e. The third kappa shape index (κ3) is 3.91. The first-order valence-electron chi connectivity index (χ1n) is 6.60. The average Bonchev–Trinajstić information content (AvgIpc) is 2.56. The second-order valence-electron chi connectivity index (χ2n) is 4.53. The van der Waals surface area contributed by atoms with Crippen LogP contribution in [0.15, 0.2) is 54.6 Å². The van der Waals surface area contributed by atoms with Crippen LogP contribution in [0.4, 0.5) is 0 Å². The highest BCUT2D eigenvalue weighted by molar-refractivity contribution is 5.94. The van der Waals surface area contributed by atoms with Crippen molar-refractivity contribution < 1.29 is 9.53 Å². The van der Waals surface area contributed by atoms with Gasteiger partial charge in [0.1, 0.15) is 0 Å². The number of ether oxygens (including phenoxy) is 1. The number of nitriles is 1. The molecule has 1 amide bonds. The fourth-order valence-electron chi connectivity index (χ4n) is 1.99. The van der Waals surface area contributed by atoms with Crippen molar-refractivity contribution in [3.63, 3.8) is 0 Å². The highest BCUT2D eigenvalue weighted by atomic mass is 16.5. The Morgan fingerprint density at radius 1 is 1.19 bits per heavy atom. The lowest BCUT2D eigenvalue weighted by Crippen LogP contribution is -2.29. The number of rotatable bonds is 5. The number of amides is 1. The van der Waals surface area contributed by atoms with E-state index in [1.54, 1.807) is 31.4 Å². The zero-order valence-electron chi connectivity index (χ0n) is 11.7. The van der Waals surface area contributed by atoms with Gasteiger partial charge in [-0.1, -0.05) is 30.3 Å². The summed E-state index contributed by atoms with van der Waals surface area (Å²) in [6, 6.07) is 18.3. The standard InChI is InChI=1S/C17H16N2O2/c1-21-16(14-5-3-2-4-6-14)12-19-17(20)15-9-7-13(11-18)8-10-15/h2-10,16H,12H2,1H3,(H,19,20)/t16-/m0/s1. The molecule has 0 aromatic heterocycles. The van der Waals surface area contributed by atoms with Crippen LogP contribution in [-0.4, -0.2) is 19.6 Å². The molecule has 0 aliphatic heterocycles. The molecule has 4 heteroatoms. The lowest BCUT2D eigenvalue weighted by Gasteiger charge is -2.16. The number of carbonyl (C=O) groups excluding carboxylic acids is 1. The minimum atomic E-state index is -0.187. The summed E-state index contributed by atoms with van der Waals surface area (Å²) in [5, 5.41) is 11.6. The Bertz CT molecular complexity index is 630. The van der Waals surface area contributed by atoms with Gasteiger partial charge >= 0.3 is 0 Å². The van der Waals surface area contributed by atoms with Gasteiger partial charge in [0.25, 0.3) is 5.91 Å². The van der Waals surface area contributed by atoms with Crippen molar-refractivity contribution in [3.05, 3.63) is 71.3 Å². The van der Waals surface area contributed by atoms with E-state index in [0.717, 1.165) is 5.56 Å². The molecule has 0 spiro atoms. The fraction of sp³-hybridized carbons (Fsp3) is 0.176. The average molecular weight is 280 g/mol. The highest BCUT2D eigenvalue weighted by Crippen LogP contribution is 2.15. The molecule has 0 bridgehead atoms. The minimum absolute atomic E-state index is 0.183. The van der Waals surface area contributed by atoms with Crippen molar-refractivity contribution in [1.29, 1.82) is 5.26 Å². The molecule has 0 unspecified atom stereocenters. The van der Waals surface area contributed by atoms with Gasteiger partial charge in [-0.05, 0) is 29.8 Å². The van der Waals surface area contributed by atoms with Gasteiger partial charge in [0, 0.05) is 19.2 Å². The summed E-state index contributed by atoms with van der Waals surface area (Å²) in [5.41, 5.74) is 2.07. The summed E-state index contributed by atoms with van der Waals surface area (Å²) in [4.78, 5) is 12.0. The number of benzene rings is 2. The minimum Gasteiger partial charge on any atom is -0.375 e. The summed E-state index contributed by atoms with van der Waals surface area (Å²) in [6.45, 7) is 0.388. The second-order valence-corrected chi connectivity index (χ2v) is 4.53. The Morgan fingerprint density at radius 2 is 1.86 bits per heavy atom. The monoisotopic (exact) mass is 280 g/mol. The van der Waals surface area contributed by atoms with Crippen LogP contribution >= 0.6 is 0 Å². The molecular formula is C17H16N2O2. The molecule has 0 heterocycles. The third-order valence-corrected chi connectivity index (χ3v) is 3.18. The largest absolute Gasteiger partial charge is 0.375 e. The lowest BCUT2D eigenvalue weighted by molar-refractivity contribution is 0.0828. The van der Waals surface area contributed by atoms with E-state index in [2.05, 4.69) is 5.32 Å². The first-order chi connectivity index (χ1) is 10.2. The summed E-state index contributed by atoms with van der Waals surface area (Å²) in [7, 11) is 1.62. The van der Waals surface area contributed by atoms with Crippen LogP contribution in [0.5, 0.6) is 0 Å². The van der Waals surface area contributed by atoms with E-state index >= 15 is 0 Å². The van der Waals surface area contributed by atoms with Gasteiger partial charge in [0.15, 0.2) is 0 Å². The van der Waals surface area contributed by atoms with Crippen molar-refractivity contribution in [2.45, 2.75) is 6.10 Å². The second kappa shape index (κ2) is 7.22. The first kappa shape index (κ1) is 14.8. The quantitative estimate of drug-likeness (QED) is 0.916. The van der Waals surface area contributed by atoms with Crippen LogP contribution in [-0.2, 0) is 4.74 Å². The zero-order chi connectivity index (χ0) is 15.1. The topological polar surface area (TPSA) is 62.1 Å². The van der Waals surface area contributed by atoms with E-state index in [-0.39, 0.29) is 12.0 Å². The normalized spacial score (nSPS) is 11.4. The number of nitrogens with one attached hydrogen (secondary N) is 1. The summed E-state index contributed by atoms with van der Waals surface area (Å²) >= 11 is 0. The van der Waals surface area contributed by atoms with E-state index in [0.29, 0.717) is 17.7 Å². The lowest BCUT2D eigenvalue weighted by atomic mass is 10.1.